The Morgan fingerprint density at radius 2 is 2.06 bits per heavy atom. The SMILES string of the molecule is CC(N)CSCc1nc(N)c2ccccc2n1. The van der Waals surface area contributed by atoms with Gasteiger partial charge < -0.3 is 11.5 Å². The second kappa shape index (κ2) is 5.33. The van der Waals surface area contributed by atoms with Gasteiger partial charge in [0, 0.05) is 17.2 Å². The molecular formula is C12H16N4S. The average Bonchev–Trinajstić information content (AvgIpc) is 2.28. The molecule has 1 aromatic carbocycles. The molecule has 2 rings (SSSR count). The first-order valence-corrected chi connectivity index (χ1v) is 6.66. The van der Waals surface area contributed by atoms with E-state index in [9.17, 15) is 0 Å². The number of aromatic nitrogens is 2. The van der Waals surface area contributed by atoms with Crippen molar-refractivity contribution < 1.29 is 0 Å². The Morgan fingerprint density at radius 3 is 2.82 bits per heavy atom. The molecule has 0 amide bonds. The zero-order valence-electron chi connectivity index (χ0n) is 9.76. The number of thioether (sulfide) groups is 1. The van der Waals surface area contributed by atoms with E-state index in [0.29, 0.717) is 5.82 Å². The first-order valence-electron chi connectivity index (χ1n) is 5.51. The molecule has 0 saturated heterocycles. The van der Waals surface area contributed by atoms with Crippen molar-refractivity contribution in [3.8, 4) is 0 Å². The maximum absolute atomic E-state index is 5.90. The van der Waals surface area contributed by atoms with E-state index in [4.69, 9.17) is 11.5 Å². The number of para-hydroxylation sites is 1. The summed E-state index contributed by atoms with van der Waals surface area (Å²) in [6, 6.07) is 7.97. The van der Waals surface area contributed by atoms with E-state index < -0.39 is 0 Å². The fraction of sp³-hybridized carbons (Fsp3) is 0.333. The second-order valence-electron chi connectivity index (χ2n) is 4.03. The van der Waals surface area contributed by atoms with E-state index in [2.05, 4.69) is 9.97 Å². The van der Waals surface area contributed by atoms with Crippen LogP contribution in [0.15, 0.2) is 24.3 Å². The molecule has 0 fully saturated rings. The van der Waals surface area contributed by atoms with Crippen molar-refractivity contribution >= 4 is 28.5 Å². The zero-order chi connectivity index (χ0) is 12.3. The molecule has 4 N–H and O–H groups in total. The number of nitrogens with two attached hydrogens (primary N) is 2. The van der Waals surface area contributed by atoms with Gasteiger partial charge in [-0.05, 0) is 19.1 Å². The second-order valence-corrected chi connectivity index (χ2v) is 5.06. The van der Waals surface area contributed by atoms with E-state index in [1.807, 2.05) is 31.2 Å². The molecule has 0 aliphatic carbocycles. The lowest BCUT2D eigenvalue weighted by Crippen LogP contribution is -2.17. The number of nitrogens with zero attached hydrogens (tertiary/aromatic N) is 2. The van der Waals surface area contributed by atoms with E-state index in [1.54, 1.807) is 11.8 Å². The molecule has 4 nitrogen and oxygen atoms in total. The number of hydrogen-bond donors (Lipinski definition) is 2. The maximum atomic E-state index is 5.90. The highest BCUT2D eigenvalue weighted by Crippen LogP contribution is 2.19. The highest BCUT2D eigenvalue weighted by Gasteiger charge is 2.05. The van der Waals surface area contributed by atoms with Gasteiger partial charge in [0.15, 0.2) is 0 Å². The Kier molecular flexibility index (Phi) is 3.81. The predicted octanol–water partition coefficient (Wildman–Crippen LogP) is 1.79. The van der Waals surface area contributed by atoms with Gasteiger partial charge in [-0.2, -0.15) is 11.8 Å². The monoisotopic (exact) mass is 248 g/mol. The number of benzene rings is 1. The van der Waals surface area contributed by atoms with E-state index in [1.165, 1.54) is 0 Å². The Hall–Kier alpha value is -1.33. The molecule has 1 unspecified atom stereocenters. The van der Waals surface area contributed by atoms with Crippen LogP contribution in [0.3, 0.4) is 0 Å². The topological polar surface area (TPSA) is 77.8 Å². The lowest BCUT2D eigenvalue weighted by Gasteiger charge is -2.06. The molecule has 2 aromatic rings. The smallest absolute Gasteiger partial charge is 0.141 e. The average molecular weight is 248 g/mol. The number of anilines is 1. The van der Waals surface area contributed by atoms with E-state index in [-0.39, 0.29) is 6.04 Å². The number of nitrogen functional groups attached to an aromatic ring is 1. The molecule has 1 aromatic heterocycles. The molecule has 1 atom stereocenters. The Balaban J connectivity index is 2.19. The predicted molar refractivity (Wildman–Crippen MR) is 73.8 cm³/mol. The van der Waals surface area contributed by atoms with Crippen LogP contribution in [0.25, 0.3) is 10.9 Å². The van der Waals surface area contributed by atoms with Crippen molar-refractivity contribution in [2.75, 3.05) is 11.5 Å². The van der Waals surface area contributed by atoms with Crippen LogP contribution in [-0.2, 0) is 5.75 Å². The van der Waals surface area contributed by atoms with Crippen molar-refractivity contribution in [1.29, 1.82) is 0 Å². The Morgan fingerprint density at radius 1 is 1.29 bits per heavy atom. The highest BCUT2D eigenvalue weighted by atomic mass is 32.2. The summed E-state index contributed by atoms with van der Waals surface area (Å²) < 4.78 is 0. The molecule has 17 heavy (non-hydrogen) atoms. The van der Waals surface area contributed by atoms with Gasteiger partial charge in [0.25, 0.3) is 0 Å². The molecule has 90 valence electrons. The van der Waals surface area contributed by atoms with Crippen LogP contribution in [0.2, 0.25) is 0 Å². The van der Waals surface area contributed by atoms with Gasteiger partial charge in [-0.15, -0.1) is 0 Å². The number of fused-ring (bicyclic) bond motifs is 1. The van der Waals surface area contributed by atoms with Crippen LogP contribution in [-0.4, -0.2) is 21.8 Å². The molecule has 0 saturated carbocycles. The summed E-state index contributed by atoms with van der Waals surface area (Å²) >= 11 is 1.73. The molecule has 0 radical (unpaired) electrons. The van der Waals surface area contributed by atoms with Gasteiger partial charge in [0.1, 0.15) is 11.6 Å². The van der Waals surface area contributed by atoms with Gasteiger partial charge in [0.2, 0.25) is 0 Å². The minimum absolute atomic E-state index is 0.192. The summed E-state index contributed by atoms with van der Waals surface area (Å²) in [7, 11) is 0. The highest BCUT2D eigenvalue weighted by molar-refractivity contribution is 7.98. The summed E-state index contributed by atoms with van der Waals surface area (Å²) in [5.74, 6) is 2.96. The van der Waals surface area contributed by atoms with Crippen LogP contribution in [0.1, 0.15) is 12.7 Å². The molecule has 0 aliphatic heterocycles. The third kappa shape index (κ3) is 3.08. The molecule has 0 bridgehead atoms. The van der Waals surface area contributed by atoms with E-state index in [0.717, 1.165) is 28.2 Å². The van der Waals surface area contributed by atoms with Gasteiger partial charge in [-0.25, -0.2) is 9.97 Å². The minimum atomic E-state index is 0.192. The van der Waals surface area contributed by atoms with Crippen molar-refractivity contribution in [3.63, 3.8) is 0 Å². The molecule has 0 spiro atoms. The zero-order valence-corrected chi connectivity index (χ0v) is 10.6. The van der Waals surface area contributed by atoms with Crippen molar-refractivity contribution in [2.24, 2.45) is 5.73 Å². The van der Waals surface area contributed by atoms with Crippen LogP contribution in [0.4, 0.5) is 5.82 Å². The van der Waals surface area contributed by atoms with Crippen LogP contribution < -0.4 is 11.5 Å². The molecule has 0 aliphatic rings. The van der Waals surface area contributed by atoms with Crippen molar-refractivity contribution in [1.82, 2.24) is 9.97 Å². The number of hydrogen-bond acceptors (Lipinski definition) is 5. The fourth-order valence-electron chi connectivity index (χ4n) is 1.55. The van der Waals surface area contributed by atoms with E-state index >= 15 is 0 Å². The summed E-state index contributed by atoms with van der Waals surface area (Å²) in [6.45, 7) is 1.99. The number of rotatable bonds is 4. The molecule has 1 heterocycles. The van der Waals surface area contributed by atoms with Crippen LogP contribution >= 0.6 is 11.8 Å². The third-order valence-corrected chi connectivity index (χ3v) is 3.51. The lowest BCUT2D eigenvalue weighted by atomic mass is 10.2. The summed E-state index contributed by atoms with van der Waals surface area (Å²) in [5.41, 5.74) is 12.5. The lowest BCUT2D eigenvalue weighted by molar-refractivity contribution is 0.846. The van der Waals surface area contributed by atoms with Crippen molar-refractivity contribution in [2.45, 2.75) is 18.7 Å². The first kappa shape index (κ1) is 12.1. The Bertz CT molecular complexity index is 513. The van der Waals surface area contributed by atoms with Crippen LogP contribution in [0, 0.1) is 0 Å². The largest absolute Gasteiger partial charge is 0.383 e. The van der Waals surface area contributed by atoms with Gasteiger partial charge in [-0.3, -0.25) is 0 Å². The summed E-state index contributed by atoms with van der Waals surface area (Å²) in [5, 5.41) is 0.911. The standard InChI is InChI=1S/C12H16N4S/c1-8(13)6-17-7-11-15-10-5-3-2-4-9(10)12(14)16-11/h2-5,8H,6-7,13H2,1H3,(H2,14,15,16). The van der Waals surface area contributed by atoms with Crippen molar-refractivity contribution in [3.05, 3.63) is 30.1 Å². The fourth-order valence-corrected chi connectivity index (χ4v) is 2.35. The Labute approximate surface area is 105 Å². The van der Waals surface area contributed by atoms with Gasteiger partial charge in [-0.1, -0.05) is 12.1 Å². The van der Waals surface area contributed by atoms with Gasteiger partial charge >= 0.3 is 0 Å². The van der Waals surface area contributed by atoms with Crippen LogP contribution in [0.5, 0.6) is 0 Å². The maximum Gasteiger partial charge on any atom is 0.141 e. The normalized spacial score (nSPS) is 12.8. The molecule has 5 heteroatoms. The minimum Gasteiger partial charge on any atom is -0.383 e. The quantitative estimate of drug-likeness (QED) is 0.862. The van der Waals surface area contributed by atoms with Gasteiger partial charge in [0.05, 0.1) is 11.3 Å². The third-order valence-electron chi connectivity index (χ3n) is 2.29. The summed E-state index contributed by atoms with van der Waals surface area (Å²) in [4.78, 5) is 8.78. The first-order chi connectivity index (χ1) is 8.16. The molecular weight excluding hydrogens is 232 g/mol. The summed E-state index contributed by atoms with van der Waals surface area (Å²) in [6.07, 6.45) is 0.